The van der Waals surface area contributed by atoms with Gasteiger partial charge in [0.25, 0.3) is 0 Å². The zero-order chi connectivity index (χ0) is 24.3. The molecule has 0 aliphatic heterocycles. The lowest BCUT2D eigenvalue weighted by atomic mass is 10.1. The maximum atomic E-state index is 6.74. The summed E-state index contributed by atoms with van der Waals surface area (Å²) in [7, 11) is -3.44. The van der Waals surface area contributed by atoms with Gasteiger partial charge in [0.2, 0.25) is 0 Å². The van der Waals surface area contributed by atoms with Crippen LogP contribution >= 0.6 is 0 Å². The molecular formula is C27H56O2Si2. The fourth-order valence-electron chi connectivity index (χ4n) is 2.97. The van der Waals surface area contributed by atoms with Crippen molar-refractivity contribution in [2.75, 3.05) is 0 Å². The van der Waals surface area contributed by atoms with Gasteiger partial charge in [-0.05, 0) is 61.9 Å². The quantitative estimate of drug-likeness (QED) is 0.186. The van der Waals surface area contributed by atoms with Crippen LogP contribution in [0.3, 0.4) is 0 Å². The van der Waals surface area contributed by atoms with Crippen LogP contribution in [0.2, 0.25) is 36.3 Å². The number of unbranched alkanes of at least 4 members (excludes halogenated alkanes) is 1. The normalized spacial score (nSPS) is 16.4. The molecule has 31 heavy (non-hydrogen) atoms. The van der Waals surface area contributed by atoms with E-state index in [1.165, 1.54) is 19.3 Å². The molecule has 0 aromatic heterocycles. The molecule has 0 rings (SSSR count). The summed E-state index contributed by atoms with van der Waals surface area (Å²) in [5.41, 5.74) is 0. The molecule has 184 valence electrons. The molecule has 2 nitrogen and oxygen atoms in total. The van der Waals surface area contributed by atoms with E-state index in [4.69, 9.17) is 8.85 Å². The predicted molar refractivity (Wildman–Crippen MR) is 146 cm³/mol. The first kappa shape index (κ1) is 30.8. The zero-order valence-corrected chi connectivity index (χ0v) is 25.2. The Morgan fingerprint density at radius 1 is 0.710 bits per heavy atom. The highest BCUT2D eigenvalue weighted by molar-refractivity contribution is 6.74. The molecule has 0 bridgehead atoms. The Morgan fingerprint density at radius 3 is 1.74 bits per heavy atom. The lowest BCUT2D eigenvalue weighted by Crippen LogP contribution is -2.43. The van der Waals surface area contributed by atoms with Gasteiger partial charge < -0.3 is 8.85 Å². The summed E-state index contributed by atoms with van der Waals surface area (Å²) in [6.07, 6.45) is 17.7. The number of allylic oxidation sites excluding steroid dienone is 3. The van der Waals surface area contributed by atoms with E-state index in [9.17, 15) is 0 Å². The monoisotopic (exact) mass is 468 g/mol. The standard InChI is InChI=1S/C27H56O2Si2/c1-13-15-21-25(29-31(11,12)27(6,7)8)23-19-17-16-18-22-24(20-14-2)28-30(9,10)26(3,4)5/h16-18,22,24-25H,13-15,19-21,23H2,1-12H3/b17-16+,22-18+/t24-,25+/m1/s1. The van der Waals surface area contributed by atoms with Gasteiger partial charge in [0.15, 0.2) is 16.6 Å². The average molecular weight is 469 g/mol. The van der Waals surface area contributed by atoms with Gasteiger partial charge in [-0.2, -0.15) is 0 Å². The van der Waals surface area contributed by atoms with Crippen LogP contribution in [-0.4, -0.2) is 28.8 Å². The molecule has 4 heteroatoms. The van der Waals surface area contributed by atoms with Crippen molar-refractivity contribution in [3.05, 3.63) is 24.3 Å². The molecule has 0 saturated carbocycles. The van der Waals surface area contributed by atoms with Crippen molar-refractivity contribution < 1.29 is 8.85 Å². The molecular weight excluding hydrogens is 412 g/mol. The largest absolute Gasteiger partial charge is 0.414 e. The molecule has 0 aromatic carbocycles. The summed E-state index contributed by atoms with van der Waals surface area (Å²) in [6, 6.07) is 0. The van der Waals surface area contributed by atoms with Crippen LogP contribution in [0.1, 0.15) is 100 Å². The van der Waals surface area contributed by atoms with Gasteiger partial charge in [0.1, 0.15) is 0 Å². The van der Waals surface area contributed by atoms with Crippen LogP contribution in [0.4, 0.5) is 0 Å². The summed E-state index contributed by atoms with van der Waals surface area (Å²) in [6.45, 7) is 27.9. The first-order chi connectivity index (χ1) is 14.1. The van der Waals surface area contributed by atoms with E-state index in [0.717, 1.165) is 25.7 Å². The van der Waals surface area contributed by atoms with Gasteiger partial charge in [-0.15, -0.1) is 0 Å². The second kappa shape index (κ2) is 13.5. The molecule has 0 aliphatic carbocycles. The Labute approximate surface area is 198 Å². The Bertz CT molecular complexity index is 536. The topological polar surface area (TPSA) is 18.5 Å². The van der Waals surface area contributed by atoms with Crippen molar-refractivity contribution in [3.8, 4) is 0 Å². The van der Waals surface area contributed by atoms with Crippen LogP contribution in [0, 0.1) is 0 Å². The highest BCUT2D eigenvalue weighted by atomic mass is 28.4. The van der Waals surface area contributed by atoms with E-state index in [0.29, 0.717) is 6.10 Å². The third-order valence-corrected chi connectivity index (χ3v) is 16.2. The summed E-state index contributed by atoms with van der Waals surface area (Å²) in [5, 5.41) is 0.523. The van der Waals surface area contributed by atoms with E-state index in [-0.39, 0.29) is 16.2 Å². The Hall–Kier alpha value is -0.166. The minimum Gasteiger partial charge on any atom is -0.414 e. The Morgan fingerprint density at radius 2 is 1.26 bits per heavy atom. The number of hydrogen-bond donors (Lipinski definition) is 0. The maximum Gasteiger partial charge on any atom is 0.192 e. The van der Waals surface area contributed by atoms with Gasteiger partial charge in [-0.3, -0.25) is 0 Å². The summed E-state index contributed by atoms with van der Waals surface area (Å²) in [4.78, 5) is 0. The molecule has 0 unspecified atom stereocenters. The second-order valence-electron chi connectivity index (χ2n) is 12.2. The minimum absolute atomic E-state index is 0.231. The van der Waals surface area contributed by atoms with Crippen LogP contribution < -0.4 is 0 Å². The van der Waals surface area contributed by atoms with Crippen molar-refractivity contribution in [3.63, 3.8) is 0 Å². The predicted octanol–water partition coefficient (Wildman–Crippen LogP) is 9.65. The molecule has 0 fully saturated rings. The lowest BCUT2D eigenvalue weighted by molar-refractivity contribution is 0.159. The van der Waals surface area contributed by atoms with E-state index in [1.807, 2.05) is 0 Å². The molecule has 0 aliphatic rings. The summed E-state index contributed by atoms with van der Waals surface area (Å²) >= 11 is 0. The first-order valence-electron chi connectivity index (χ1n) is 12.8. The van der Waals surface area contributed by atoms with Crippen molar-refractivity contribution in [1.29, 1.82) is 0 Å². The molecule has 0 aromatic rings. The van der Waals surface area contributed by atoms with Gasteiger partial charge in [-0.1, -0.05) is 99.0 Å². The molecule has 0 amide bonds. The van der Waals surface area contributed by atoms with Crippen molar-refractivity contribution in [2.24, 2.45) is 0 Å². The number of rotatable bonds is 14. The van der Waals surface area contributed by atoms with Crippen LogP contribution in [-0.2, 0) is 8.85 Å². The van der Waals surface area contributed by atoms with Crippen molar-refractivity contribution in [2.45, 2.75) is 149 Å². The SMILES string of the molecule is CCCC[C@@H](CC/C=C/C=C/[C@@H](CCC)O[Si](C)(C)C(C)(C)C)O[Si](C)(C)C(C)(C)C. The molecule has 2 atom stereocenters. The average Bonchev–Trinajstić information content (AvgIpc) is 2.59. The van der Waals surface area contributed by atoms with E-state index >= 15 is 0 Å². The lowest BCUT2D eigenvalue weighted by Gasteiger charge is -2.39. The van der Waals surface area contributed by atoms with Crippen LogP contribution in [0.25, 0.3) is 0 Å². The van der Waals surface area contributed by atoms with E-state index in [1.54, 1.807) is 0 Å². The van der Waals surface area contributed by atoms with Crippen molar-refractivity contribution >= 4 is 16.6 Å². The molecule has 0 spiro atoms. The third-order valence-electron chi connectivity index (χ3n) is 7.20. The van der Waals surface area contributed by atoms with E-state index < -0.39 is 16.6 Å². The minimum atomic E-state index is -1.73. The fourth-order valence-corrected chi connectivity index (χ4v) is 5.70. The maximum absolute atomic E-state index is 6.74. The Kier molecular flexibility index (Phi) is 13.4. The van der Waals surface area contributed by atoms with Gasteiger partial charge in [0, 0.05) is 6.10 Å². The van der Waals surface area contributed by atoms with Gasteiger partial charge in [0.05, 0.1) is 6.10 Å². The summed E-state index contributed by atoms with van der Waals surface area (Å²) < 4.78 is 13.4. The Balaban J connectivity index is 4.85. The molecule has 0 heterocycles. The smallest absolute Gasteiger partial charge is 0.192 e. The molecule has 0 radical (unpaired) electrons. The molecule has 0 N–H and O–H groups in total. The van der Waals surface area contributed by atoms with Gasteiger partial charge >= 0.3 is 0 Å². The van der Waals surface area contributed by atoms with Crippen LogP contribution in [0.15, 0.2) is 24.3 Å². The van der Waals surface area contributed by atoms with Gasteiger partial charge in [-0.25, -0.2) is 0 Å². The third kappa shape index (κ3) is 12.0. The van der Waals surface area contributed by atoms with Crippen molar-refractivity contribution in [1.82, 2.24) is 0 Å². The first-order valence-corrected chi connectivity index (χ1v) is 18.6. The highest BCUT2D eigenvalue weighted by Gasteiger charge is 2.39. The number of hydrogen-bond acceptors (Lipinski definition) is 2. The summed E-state index contributed by atoms with van der Waals surface area (Å²) in [5.74, 6) is 0. The highest BCUT2D eigenvalue weighted by Crippen LogP contribution is 2.39. The van der Waals surface area contributed by atoms with E-state index in [2.05, 4.69) is 106 Å². The van der Waals surface area contributed by atoms with Crippen LogP contribution in [0.5, 0.6) is 0 Å². The second-order valence-corrected chi connectivity index (χ2v) is 21.8. The zero-order valence-electron chi connectivity index (χ0n) is 23.2. The molecule has 0 saturated heterocycles. The fraction of sp³-hybridized carbons (Fsp3) is 0.852.